The van der Waals surface area contributed by atoms with Crippen molar-refractivity contribution in [2.24, 2.45) is 0 Å². The van der Waals surface area contributed by atoms with Gasteiger partial charge in [0, 0.05) is 16.5 Å². The third kappa shape index (κ3) is 3.31. The Hall–Kier alpha value is -4.33. The van der Waals surface area contributed by atoms with Gasteiger partial charge in [-0.1, -0.05) is 30.3 Å². The molecular weight excluding hydrogens is 404 g/mol. The molecule has 0 atom stereocenters. The molecule has 0 fully saturated rings. The molecule has 5 rings (SSSR count). The number of para-hydroxylation sites is 2. The molecule has 0 saturated heterocycles. The van der Waals surface area contributed by atoms with E-state index < -0.39 is 0 Å². The minimum Gasteiger partial charge on any atom is -0.331 e. The molecule has 8 heteroatoms. The van der Waals surface area contributed by atoms with Crippen LogP contribution in [0.1, 0.15) is 11.4 Å². The van der Waals surface area contributed by atoms with Gasteiger partial charge in [-0.15, -0.1) is 5.10 Å². The number of rotatable bonds is 4. The van der Waals surface area contributed by atoms with Crippen LogP contribution in [0.25, 0.3) is 27.5 Å². The van der Waals surface area contributed by atoms with Gasteiger partial charge < -0.3 is 9.88 Å². The molecule has 5 aromatic rings. The monoisotopic (exact) mass is 424 g/mol. The first-order valence-electron chi connectivity index (χ1n) is 10.2. The number of carbonyl (C=O) groups excluding carboxylic acids is 1. The Morgan fingerprint density at radius 2 is 1.59 bits per heavy atom. The van der Waals surface area contributed by atoms with E-state index in [1.165, 1.54) is 0 Å². The van der Waals surface area contributed by atoms with Crippen LogP contribution in [0, 0.1) is 13.8 Å². The number of aromatic nitrogens is 5. The van der Waals surface area contributed by atoms with Crippen LogP contribution in [0.15, 0.2) is 71.5 Å². The van der Waals surface area contributed by atoms with E-state index in [-0.39, 0.29) is 17.9 Å². The molecule has 0 aliphatic rings. The molecule has 3 aromatic carbocycles. The number of benzene rings is 3. The van der Waals surface area contributed by atoms with Crippen LogP contribution in [-0.4, -0.2) is 30.7 Å². The number of hydrogen-bond donors (Lipinski definition) is 1. The molecule has 2 heterocycles. The van der Waals surface area contributed by atoms with Crippen LogP contribution in [0.4, 0.5) is 5.69 Å². The van der Waals surface area contributed by atoms with Crippen molar-refractivity contribution in [3.05, 3.63) is 88.3 Å². The Morgan fingerprint density at radius 3 is 2.22 bits per heavy atom. The van der Waals surface area contributed by atoms with E-state index in [0.717, 1.165) is 22.3 Å². The highest BCUT2D eigenvalue weighted by molar-refractivity contribution is 5.97. The zero-order chi connectivity index (χ0) is 22.2. The van der Waals surface area contributed by atoms with Crippen molar-refractivity contribution in [2.75, 3.05) is 5.32 Å². The Labute approximate surface area is 183 Å². The van der Waals surface area contributed by atoms with Crippen molar-refractivity contribution in [2.45, 2.75) is 20.4 Å². The molecule has 0 radical (unpaired) electrons. The van der Waals surface area contributed by atoms with Gasteiger partial charge >= 0.3 is 0 Å². The lowest BCUT2D eigenvalue weighted by Crippen LogP contribution is -2.21. The molecule has 158 valence electrons. The molecule has 1 N–H and O–H groups in total. The van der Waals surface area contributed by atoms with Crippen LogP contribution in [0.5, 0.6) is 0 Å². The summed E-state index contributed by atoms with van der Waals surface area (Å²) in [7, 11) is 0. The van der Waals surface area contributed by atoms with Gasteiger partial charge in [-0.2, -0.15) is 4.68 Å². The van der Waals surface area contributed by atoms with Crippen LogP contribution in [0.3, 0.4) is 0 Å². The molecule has 1 amide bonds. The normalized spacial score (nSPS) is 11.2. The third-order valence-electron chi connectivity index (χ3n) is 5.53. The van der Waals surface area contributed by atoms with Gasteiger partial charge in [-0.25, -0.2) is 0 Å². The Morgan fingerprint density at radius 1 is 0.938 bits per heavy atom. The fourth-order valence-electron chi connectivity index (χ4n) is 3.96. The van der Waals surface area contributed by atoms with E-state index in [4.69, 9.17) is 0 Å². The summed E-state index contributed by atoms with van der Waals surface area (Å²) >= 11 is 0. The number of anilines is 1. The maximum absolute atomic E-state index is 13.0. The predicted octanol–water partition coefficient (Wildman–Crippen LogP) is 3.39. The van der Waals surface area contributed by atoms with Crippen LogP contribution in [0.2, 0.25) is 0 Å². The minimum absolute atomic E-state index is 0.0344. The molecule has 0 bridgehead atoms. The maximum atomic E-state index is 13.0. The Kier molecular flexibility index (Phi) is 4.74. The summed E-state index contributed by atoms with van der Waals surface area (Å²) in [5, 5.41) is 15.8. The molecule has 0 saturated carbocycles. The van der Waals surface area contributed by atoms with Crippen molar-refractivity contribution in [3.63, 3.8) is 0 Å². The van der Waals surface area contributed by atoms with Crippen molar-refractivity contribution in [3.8, 4) is 5.69 Å². The molecule has 0 aliphatic carbocycles. The van der Waals surface area contributed by atoms with Gasteiger partial charge in [0.1, 0.15) is 6.54 Å². The summed E-state index contributed by atoms with van der Waals surface area (Å²) in [6, 6.07) is 20.3. The van der Waals surface area contributed by atoms with Gasteiger partial charge in [0.05, 0.1) is 16.7 Å². The quantitative estimate of drug-likeness (QED) is 0.446. The van der Waals surface area contributed by atoms with Crippen LogP contribution >= 0.6 is 0 Å². The highest BCUT2D eigenvalue weighted by Crippen LogP contribution is 2.21. The highest BCUT2D eigenvalue weighted by Gasteiger charge is 2.14. The zero-order valence-electron chi connectivity index (χ0n) is 17.6. The Bertz CT molecular complexity index is 1490. The summed E-state index contributed by atoms with van der Waals surface area (Å²) in [6.07, 6.45) is 0. The molecule has 0 unspecified atom stereocenters. The summed E-state index contributed by atoms with van der Waals surface area (Å²) < 4.78 is 3.51. The number of hydrogen-bond acceptors (Lipinski definition) is 5. The zero-order valence-corrected chi connectivity index (χ0v) is 17.6. The van der Waals surface area contributed by atoms with E-state index in [2.05, 4.69) is 20.8 Å². The third-order valence-corrected chi connectivity index (χ3v) is 5.53. The number of nitrogens with one attached hydrogen (secondary N) is 1. The van der Waals surface area contributed by atoms with E-state index >= 15 is 0 Å². The average Bonchev–Trinajstić information content (AvgIpc) is 3.23. The topological polar surface area (TPSA) is 94.7 Å². The first-order valence-corrected chi connectivity index (χ1v) is 10.2. The molecule has 8 nitrogen and oxygen atoms in total. The van der Waals surface area contributed by atoms with Crippen molar-refractivity contribution < 1.29 is 4.79 Å². The van der Waals surface area contributed by atoms with Gasteiger partial charge in [0.2, 0.25) is 5.91 Å². The van der Waals surface area contributed by atoms with Crippen LogP contribution in [-0.2, 0) is 11.3 Å². The predicted molar refractivity (Wildman–Crippen MR) is 123 cm³/mol. The number of carbonyl (C=O) groups is 1. The van der Waals surface area contributed by atoms with Crippen LogP contribution < -0.4 is 10.7 Å². The molecule has 0 aliphatic heterocycles. The van der Waals surface area contributed by atoms with E-state index in [9.17, 15) is 9.59 Å². The Balaban J connectivity index is 1.52. The van der Waals surface area contributed by atoms with Gasteiger partial charge in [0.15, 0.2) is 11.3 Å². The number of amides is 1. The lowest BCUT2D eigenvalue weighted by Gasteiger charge is -2.15. The number of aryl methyl sites for hydroxylation is 2. The second-order valence-corrected chi connectivity index (χ2v) is 7.64. The lowest BCUT2D eigenvalue weighted by molar-refractivity contribution is -0.116. The molecule has 0 spiro atoms. The van der Waals surface area contributed by atoms with Crippen molar-refractivity contribution >= 4 is 33.4 Å². The van der Waals surface area contributed by atoms with Gasteiger partial charge in [-0.05, 0) is 66.2 Å². The molecule has 32 heavy (non-hydrogen) atoms. The number of tetrazole rings is 1. The fraction of sp³-hybridized carbons (Fsp3) is 0.125. The number of nitrogens with zero attached hydrogens (tertiary/aromatic N) is 5. The van der Waals surface area contributed by atoms with Crippen molar-refractivity contribution in [1.29, 1.82) is 0 Å². The second-order valence-electron chi connectivity index (χ2n) is 7.64. The summed E-state index contributed by atoms with van der Waals surface area (Å²) in [5.41, 5.74) is 3.83. The fourth-order valence-corrected chi connectivity index (χ4v) is 3.96. The standard InChI is InChI=1S/C24H20N6O2/c1-15-11-12-17(13-22(15)30-16(2)26-27-28-30)25-23(31)14-29-20-9-5-3-7-18(20)24(32)19-8-4-6-10-21(19)29/h3-13H,14H2,1-2H3,(H,25,31). The lowest BCUT2D eigenvalue weighted by atomic mass is 10.1. The van der Waals surface area contributed by atoms with E-state index in [1.807, 2.05) is 73.0 Å². The first-order chi connectivity index (χ1) is 15.5. The number of pyridine rings is 1. The average molecular weight is 424 g/mol. The molecular formula is C24H20N6O2. The molecule has 2 aromatic heterocycles. The van der Waals surface area contributed by atoms with Crippen molar-refractivity contribution in [1.82, 2.24) is 24.8 Å². The van der Waals surface area contributed by atoms with E-state index in [1.54, 1.807) is 16.8 Å². The summed E-state index contributed by atoms with van der Waals surface area (Å²) in [6.45, 7) is 3.84. The van der Waals surface area contributed by atoms with Gasteiger partial charge in [0.25, 0.3) is 0 Å². The SMILES string of the molecule is Cc1ccc(NC(=O)Cn2c3ccccc3c(=O)c3ccccc32)cc1-n1nnnc1C. The highest BCUT2D eigenvalue weighted by atomic mass is 16.2. The largest absolute Gasteiger partial charge is 0.331 e. The van der Waals surface area contributed by atoms with E-state index in [0.29, 0.717) is 22.3 Å². The second kappa shape index (κ2) is 7.73. The summed E-state index contributed by atoms with van der Waals surface area (Å²) in [5.74, 6) is 0.454. The van der Waals surface area contributed by atoms with Gasteiger partial charge in [-0.3, -0.25) is 9.59 Å². The first kappa shape index (κ1) is 19.6. The minimum atomic E-state index is -0.202. The maximum Gasteiger partial charge on any atom is 0.244 e. The smallest absolute Gasteiger partial charge is 0.244 e. The number of fused-ring (bicyclic) bond motifs is 2. The summed E-state index contributed by atoms with van der Waals surface area (Å²) in [4.78, 5) is 25.9.